The average Bonchev–Trinajstić information content (AvgIpc) is 2.42. The summed E-state index contributed by atoms with van der Waals surface area (Å²) in [5.74, 6) is 0.128. The molecule has 4 heteroatoms. The number of para-hydroxylation sites is 1. The van der Waals surface area contributed by atoms with Crippen LogP contribution < -0.4 is 4.74 Å². The van der Waals surface area contributed by atoms with Crippen molar-refractivity contribution < 1.29 is 18.9 Å². The first kappa shape index (κ1) is 11.0. The van der Waals surface area contributed by atoms with E-state index in [2.05, 4.69) is 0 Å². The van der Waals surface area contributed by atoms with Gasteiger partial charge in [0.1, 0.15) is 5.75 Å². The monoisotopic (exact) mass is 236 g/mol. The van der Waals surface area contributed by atoms with E-state index in [9.17, 15) is 0 Å². The van der Waals surface area contributed by atoms with Crippen molar-refractivity contribution in [3.63, 3.8) is 0 Å². The first-order chi connectivity index (χ1) is 8.28. The van der Waals surface area contributed by atoms with Gasteiger partial charge in [-0.3, -0.25) is 0 Å². The predicted molar refractivity (Wildman–Crippen MR) is 60.6 cm³/mol. The highest BCUT2D eigenvalue weighted by atomic mass is 16.9. The molecule has 3 aliphatic rings. The van der Waals surface area contributed by atoms with Crippen LogP contribution in [-0.2, 0) is 14.2 Å². The van der Waals surface area contributed by atoms with E-state index in [1.807, 2.05) is 37.3 Å². The minimum absolute atomic E-state index is 0.300. The lowest BCUT2D eigenvalue weighted by Gasteiger charge is -2.47. The molecule has 4 nitrogen and oxygen atoms in total. The van der Waals surface area contributed by atoms with Crippen LogP contribution in [0.25, 0.3) is 0 Å². The summed E-state index contributed by atoms with van der Waals surface area (Å²) in [6.45, 7) is 3.95. The maximum Gasteiger partial charge on any atom is 0.322 e. The Morgan fingerprint density at radius 3 is 2.29 bits per heavy atom. The highest BCUT2D eigenvalue weighted by Crippen LogP contribution is 2.34. The van der Waals surface area contributed by atoms with Crippen molar-refractivity contribution >= 4 is 0 Å². The van der Waals surface area contributed by atoms with E-state index in [0.29, 0.717) is 25.7 Å². The summed E-state index contributed by atoms with van der Waals surface area (Å²) in [6, 6.07) is 9.62. The lowest BCUT2D eigenvalue weighted by atomic mass is 10.1. The van der Waals surface area contributed by atoms with E-state index in [0.717, 1.165) is 5.75 Å². The van der Waals surface area contributed by atoms with Crippen LogP contribution in [0, 0.1) is 5.92 Å². The Bertz CT molecular complexity index is 356. The van der Waals surface area contributed by atoms with Gasteiger partial charge < -0.3 is 18.9 Å². The van der Waals surface area contributed by atoms with Gasteiger partial charge in [-0.15, -0.1) is 0 Å². The van der Waals surface area contributed by atoms with E-state index < -0.39 is 5.97 Å². The molecule has 0 N–H and O–H groups in total. The van der Waals surface area contributed by atoms with Gasteiger partial charge in [-0.1, -0.05) is 18.2 Å². The van der Waals surface area contributed by atoms with Crippen LogP contribution >= 0.6 is 0 Å². The summed E-state index contributed by atoms with van der Waals surface area (Å²) in [5.41, 5.74) is 0. The first-order valence-corrected chi connectivity index (χ1v) is 5.92. The molecule has 0 aliphatic carbocycles. The Labute approximate surface area is 100 Å². The van der Waals surface area contributed by atoms with Gasteiger partial charge in [-0.25, -0.2) is 0 Å². The van der Waals surface area contributed by atoms with E-state index >= 15 is 0 Å². The highest BCUT2D eigenvalue weighted by molar-refractivity contribution is 5.21. The van der Waals surface area contributed by atoms with Gasteiger partial charge in [0.15, 0.2) is 6.10 Å². The maximum atomic E-state index is 5.80. The molecule has 3 heterocycles. The number of fused-ring (bicyclic) bond motifs is 3. The molecule has 3 fully saturated rings. The molecular formula is C13H16O4. The molecule has 17 heavy (non-hydrogen) atoms. The molecule has 4 rings (SSSR count). The molecule has 1 unspecified atom stereocenters. The summed E-state index contributed by atoms with van der Waals surface area (Å²) < 4.78 is 22.7. The van der Waals surface area contributed by atoms with E-state index in [1.54, 1.807) is 0 Å². The second kappa shape index (κ2) is 4.29. The lowest BCUT2D eigenvalue weighted by Crippen LogP contribution is -2.60. The summed E-state index contributed by atoms with van der Waals surface area (Å²) >= 11 is 0. The third-order valence-corrected chi connectivity index (χ3v) is 3.11. The van der Waals surface area contributed by atoms with Gasteiger partial charge >= 0.3 is 5.97 Å². The van der Waals surface area contributed by atoms with Crippen molar-refractivity contribution in [2.24, 2.45) is 5.92 Å². The Kier molecular flexibility index (Phi) is 2.78. The zero-order valence-electron chi connectivity index (χ0n) is 9.80. The van der Waals surface area contributed by atoms with Crippen molar-refractivity contribution in [2.45, 2.75) is 19.0 Å². The Morgan fingerprint density at radius 2 is 1.71 bits per heavy atom. The van der Waals surface area contributed by atoms with Gasteiger partial charge in [-0.05, 0) is 19.1 Å². The topological polar surface area (TPSA) is 36.9 Å². The van der Waals surface area contributed by atoms with Gasteiger partial charge in [0, 0.05) is 5.92 Å². The van der Waals surface area contributed by atoms with Crippen molar-refractivity contribution in [1.82, 2.24) is 0 Å². The molecule has 1 aromatic rings. The third kappa shape index (κ3) is 2.04. The smallest absolute Gasteiger partial charge is 0.322 e. The third-order valence-electron chi connectivity index (χ3n) is 3.11. The molecule has 0 spiro atoms. The molecular weight excluding hydrogens is 220 g/mol. The summed E-state index contributed by atoms with van der Waals surface area (Å²) in [6.07, 6.45) is -0.300. The van der Waals surface area contributed by atoms with E-state index in [4.69, 9.17) is 18.9 Å². The largest absolute Gasteiger partial charge is 0.482 e. The normalized spacial score (nSPS) is 33.4. The Morgan fingerprint density at radius 1 is 1.12 bits per heavy atom. The maximum absolute atomic E-state index is 5.80. The van der Waals surface area contributed by atoms with Crippen LogP contribution in [0.3, 0.4) is 0 Å². The number of ether oxygens (including phenoxy) is 4. The average molecular weight is 236 g/mol. The molecule has 0 amide bonds. The van der Waals surface area contributed by atoms with Crippen LogP contribution in [0.15, 0.2) is 30.3 Å². The molecule has 3 saturated heterocycles. The van der Waals surface area contributed by atoms with Crippen LogP contribution in [-0.4, -0.2) is 31.9 Å². The molecule has 92 valence electrons. The van der Waals surface area contributed by atoms with Gasteiger partial charge in [0.2, 0.25) is 0 Å². The van der Waals surface area contributed by atoms with Crippen LogP contribution in [0.1, 0.15) is 6.92 Å². The first-order valence-electron chi connectivity index (χ1n) is 5.92. The highest BCUT2D eigenvalue weighted by Gasteiger charge is 2.50. The molecule has 0 aromatic heterocycles. The fourth-order valence-electron chi connectivity index (χ4n) is 2.10. The fourth-order valence-corrected chi connectivity index (χ4v) is 2.10. The number of hydrogen-bond acceptors (Lipinski definition) is 4. The second-order valence-electron chi connectivity index (χ2n) is 4.48. The van der Waals surface area contributed by atoms with Crippen LogP contribution in [0.4, 0.5) is 0 Å². The van der Waals surface area contributed by atoms with Gasteiger partial charge in [0.05, 0.1) is 19.8 Å². The Hall–Kier alpha value is -1.10. The zero-order chi connectivity index (χ0) is 11.7. The van der Waals surface area contributed by atoms with Crippen molar-refractivity contribution in [3.05, 3.63) is 30.3 Å². The molecule has 1 atom stereocenters. The number of hydrogen-bond donors (Lipinski definition) is 0. The van der Waals surface area contributed by atoms with E-state index in [-0.39, 0.29) is 6.10 Å². The van der Waals surface area contributed by atoms with Crippen molar-refractivity contribution in [1.29, 1.82) is 0 Å². The van der Waals surface area contributed by atoms with Gasteiger partial charge in [0.25, 0.3) is 0 Å². The number of benzene rings is 1. The SMILES string of the molecule is CC(Oc1ccccc1)C12OCC(CO1)CO2. The predicted octanol–water partition coefficient (Wildman–Crippen LogP) is 1.80. The number of rotatable bonds is 3. The fraction of sp³-hybridized carbons (Fsp3) is 0.538. The summed E-state index contributed by atoms with van der Waals surface area (Å²) in [7, 11) is 0. The van der Waals surface area contributed by atoms with Crippen LogP contribution in [0.5, 0.6) is 5.75 Å². The summed E-state index contributed by atoms with van der Waals surface area (Å²) in [5, 5.41) is 0. The van der Waals surface area contributed by atoms with Crippen LogP contribution in [0.2, 0.25) is 0 Å². The minimum atomic E-state index is -1.02. The standard InChI is InChI=1S/C13H16O4/c1-10(17-12-5-3-2-4-6-12)13-14-7-11(8-15-13)9-16-13/h2-6,10-11H,7-9H2,1H3. The lowest BCUT2D eigenvalue weighted by molar-refractivity contribution is -0.468. The van der Waals surface area contributed by atoms with Crippen molar-refractivity contribution in [2.75, 3.05) is 19.8 Å². The molecule has 0 saturated carbocycles. The quantitative estimate of drug-likeness (QED) is 0.802. The minimum Gasteiger partial charge on any atom is -0.482 e. The summed E-state index contributed by atoms with van der Waals surface area (Å²) in [4.78, 5) is 0. The molecule has 2 bridgehead atoms. The van der Waals surface area contributed by atoms with Crippen molar-refractivity contribution in [3.8, 4) is 5.75 Å². The zero-order valence-corrected chi connectivity index (χ0v) is 9.80. The molecule has 0 radical (unpaired) electrons. The van der Waals surface area contributed by atoms with Gasteiger partial charge in [-0.2, -0.15) is 0 Å². The van der Waals surface area contributed by atoms with E-state index in [1.165, 1.54) is 0 Å². The molecule has 3 aliphatic heterocycles. The Balaban J connectivity index is 1.71. The second-order valence-corrected chi connectivity index (χ2v) is 4.48. The molecule has 1 aromatic carbocycles.